The Hall–Kier alpha value is -0.540. The van der Waals surface area contributed by atoms with E-state index in [4.69, 9.17) is 9.47 Å². The van der Waals surface area contributed by atoms with E-state index in [0.717, 1.165) is 25.2 Å². The summed E-state index contributed by atoms with van der Waals surface area (Å²) >= 11 is 3.59. The second-order valence-corrected chi connectivity index (χ2v) is 5.20. The minimum absolute atomic E-state index is 0.405. The minimum atomic E-state index is 0.405. The van der Waals surface area contributed by atoms with Crippen molar-refractivity contribution < 1.29 is 9.47 Å². The van der Waals surface area contributed by atoms with E-state index in [2.05, 4.69) is 35.0 Å². The summed E-state index contributed by atoms with van der Waals surface area (Å²) in [7, 11) is 3.44. The van der Waals surface area contributed by atoms with Crippen LogP contribution in [0.25, 0.3) is 0 Å². The zero-order chi connectivity index (χ0) is 12.0. The van der Waals surface area contributed by atoms with Crippen LogP contribution >= 0.6 is 15.9 Å². The summed E-state index contributed by atoms with van der Waals surface area (Å²) in [5.41, 5.74) is 2.54. The van der Waals surface area contributed by atoms with Gasteiger partial charge in [0.25, 0.3) is 0 Å². The molecule has 0 aliphatic heterocycles. The number of ether oxygens (including phenoxy) is 2. The van der Waals surface area contributed by atoms with Gasteiger partial charge in [0.1, 0.15) is 5.75 Å². The molecule has 1 atom stereocenters. The molecule has 0 aliphatic carbocycles. The van der Waals surface area contributed by atoms with Crippen molar-refractivity contribution in [2.75, 3.05) is 20.8 Å². The number of rotatable bonds is 6. The maximum atomic E-state index is 5.35. The molecular formula is C13H19BrO2. The second-order valence-electron chi connectivity index (χ2n) is 3.91. The Bertz CT molecular complexity index is 326. The van der Waals surface area contributed by atoms with Gasteiger partial charge in [0.2, 0.25) is 0 Å². The lowest BCUT2D eigenvalue weighted by atomic mass is 10.0. The molecule has 1 rings (SSSR count). The molecule has 1 unspecified atom stereocenters. The number of alkyl halides is 1. The van der Waals surface area contributed by atoms with Crippen molar-refractivity contribution in [3.05, 3.63) is 29.3 Å². The molecule has 2 nitrogen and oxygen atoms in total. The molecule has 0 aromatic heterocycles. The first kappa shape index (κ1) is 13.5. The lowest BCUT2D eigenvalue weighted by Crippen LogP contribution is -2.08. The molecule has 0 spiro atoms. The largest absolute Gasteiger partial charge is 0.496 e. The van der Waals surface area contributed by atoms with Crippen molar-refractivity contribution in [2.45, 2.75) is 24.6 Å². The zero-order valence-electron chi connectivity index (χ0n) is 10.1. The number of aryl methyl sites for hydroxylation is 2. The van der Waals surface area contributed by atoms with E-state index in [-0.39, 0.29) is 0 Å². The number of hydrogen-bond donors (Lipinski definition) is 0. The van der Waals surface area contributed by atoms with Gasteiger partial charge in [-0.05, 0) is 31.4 Å². The van der Waals surface area contributed by atoms with Crippen LogP contribution in [0.5, 0.6) is 5.75 Å². The van der Waals surface area contributed by atoms with Crippen LogP contribution < -0.4 is 4.74 Å². The van der Waals surface area contributed by atoms with E-state index < -0.39 is 0 Å². The van der Waals surface area contributed by atoms with E-state index in [1.165, 1.54) is 11.1 Å². The predicted octanol–water partition coefficient (Wildman–Crippen LogP) is 3.35. The monoisotopic (exact) mass is 286 g/mol. The van der Waals surface area contributed by atoms with Crippen LogP contribution in [0.2, 0.25) is 0 Å². The van der Waals surface area contributed by atoms with Crippen LogP contribution in [0.3, 0.4) is 0 Å². The maximum Gasteiger partial charge on any atom is 0.122 e. The highest BCUT2D eigenvalue weighted by molar-refractivity contribution is 9.09. The van der Waals surface area contributed by atoms with Gasteiger partial charge in [0.05, 0.1) is 13.7 Å². The lowest BCUT2D eigenvalue weighted by Gasteiger charge is -2.12. The first-order chi connectivity index (χ1) is 7.67. The molecule has 0 radical (unpaired) electrons. The molecule has 1 aromatic carbocycles. The van der Waals surface area contributed by atoms with Crippen molar-refractivity contribution >= 4 is 15.9 Å². The van der Waals surface area contributed by atoms with Gasteiger partial charge in [-0.1, -0.05) is 33.6 Å². The smallest absolute Gasteiger partial charge is 0.122 e. The topological polar surface area (TPSA) is 18.5 Å². The van der Waals surface area contributed by atoms with Gasteiger partial charge >= 0.3 is 0 Å². The van der Waals surface area contributed by atoms with Crippen LogP contribution in [0.1, 0.15) is 17.5 Å². The highest BCUT2D eigenvalue weighted by Crippen LogP contribution is 2.22. The molecule has 0 aliphatic rings. The molecule has 0 saturated heterocycles. The average molecular weight is 287 g/mol. The summed E-state index contributed by atoms with van der Waals surface area (Å²) in [5, 5.41) is 0. The van der Waals surface area contributed by atoms with Crippen LogP contribution in [0.15, 0.2) is 18.2 Å². The van der Waals surface area contributed by atoms with Crippen LogP contribution in [0.4, 0.5) is 0 Å². The fourth-order valence-electron chi connectivity index (χ4n) is 1.68. The number of benzene rings is 1. The van der Waals surface area contributed by atoms with Crippen molar-refractivity contribution in [3.8, 4) is 5.75 Å². The van der Waals surface area contributed by atoms with Gasteiger partial charge < -0.3 is 9.47 Å². The average Bonchev–Trinajstić information content (AvgIpc) is 2.27. The molecule has 0 bridgehead atoms. The summed E-state index contributed by atoms with van der Waals surface area (Å²) in [4.78, 5) is 0.405. The minimum Gasteiger partial charge on any atom is -0.496 e. The van der Waals surface area contributed by atoms with Crippen LogP contribution in [-0.4, -0.2) is 25.7 Å². The Balaban J connectivity index is 2.61. The van der Waals surface area contributed by atoms with E-state index >= 15 is 0 Å². The summed E-state index contributed by atoms with van der Waals surface area (Å²) in [5.74, 6) is 0.975. The molecule has 16 heavy (non-hydrogen) atoms. The Morgan fingerprint density at radius 3 is 2.69 bits per heavy atom. The van der Waals surface area contributed by atoms with Gasteiger partial charge in [0.15, 0.2) is 0 Å². The molecule has 90 valence electrons. The lowest BCUT2D eigenvalue weighted by molar-refractivity contribution is 0.198. The number of hydrogen-bond acceptors (Lipinski definition) is 2. The molecule has 0 fully saturated rings. The van der Waals surface area contributed by atoms with Crippen molar-refractivity contribution in [2.24, 2.45) is 0 Å². The van der Waals surface area contributed by atoms with Gasteiger partial charge in [-0.3, -0.25) is 0 Å². The third-order valence-electron chi connectivity index (χ3n) is 2.51. The van der Waals surface area contributed by atoms with E-state index in [1.807, 2.05) is 6.07 Å². The molecule has 3 heteroatoms. The molecule has 0 heterocycles. The maximum absolute atomic E-state index is 5.35. The second kappa shape index (κ2) is 6.92. The Morgan fingerprint density at radius 1 is 1.31 bits per heavy atom. The molecular weight excluding hydrogens is 268 g/mol. The molecule has 0 amide bonds. The SMILES string of the molecule is COCC(Br)CCc1cc(C)ccc1OC. The molecule has 0 saturated carbocycles. The fraction of sp³-hybridized carbons (Fsp3) is 0.538. The molecule has 0 N–H and O–H groups in total. The standard InChI is InChI=1S/C13H19BrO2/c1-10-4-7-13(16-3)11(8-10)5-6-12(14)9-15-2/h4,7-8,12H,5-6,9H2,1-3H3. The summed E-state index contributed by atoms with van der Waals surface area (Å²) in [6, 6.07) is 6.29. The number of halogens is 1. The van der Waals surface area contributed by atoms with Crippen LogP contribution in [-0.2, 0) is 11.2 Å². The Kier molecular flexibility index (Phi) is 5.85. The zero-order valence-corrected chi connectivity index (χ0v) is 11.7. The Morgan fingerprint density at radius 2 is 2.06 bits per heavy atom. The fourth-order valence-corrected chi connectivity index (χ4v) is 2.17. The van der Waals surface area contributed by atoms with E-state index in [0.29, 0.717) is 4.83 Å². The molecule has 1 aromatic rings. The summed E-state index contributed by atoms with van der Waals surface area (Å²) in [6.45, 7) is 2.85. The highest BCUT2D eigenvalue weighted by atomic mass is 79.9. The van der Waals surface area contributed by atoms with E-state index in [1.54, 1.807) is 14.2 Å². The number of methoxy groups -OCH3 is 2. The Labute approximate surface area is 106 Å². The summed E-state index contributed by atoms with van der Waals surface area (Å²) < 4.78 is 10.4. The van der Waals surface area contributed by atoms with Crippen LogP contribution in [0, 0.1) is 6.92 Å². The van der Waals surface area contributed by atoms with Crippen molar-refractivity contribution in [1.82, 2.24) is 0 Å². The highest BCUT2D eigenvalue weighted by Gasteiger charge is 2.07. The normalized spacial score (nSPS) is 12.5. The predicted molar refractivity (Wildman–Crippen MR) is 70.6 cm³/mol. The van der Waals surface area contributed by atoms with E-state index in [9.17, 15) is 0 Å². The third-order valence-corrected chi connectivity index (χ3v) is 3.23. The van der Waals surface area contributed by atoms with Crippen molar-refractivity contribution in [1.29, 1.82) is 0 Å². The first-order valence-electron chi connectivity index (χ1n) is 5.44. The first-order valence-corrected chi connectivity index (χ1v) is 6.35. The third kappa shape index (κ3) is 4.14. The quantitative estimate of drug-likeness (QED) is 0.747. The van der Waals surface area contributed by atoms with Crippen molar-refractivity contribution in [3.63, 3.8) is 0 Å². The summed E-state index contributed by atoms with van der Waals surface area (Å²) in [6.07, 6.45) is 2.05. The van der Waals surface area contributed by atoms with Gasteiger partial charge in [-0.2, -0.15) is 0 Å². The van der Waals surface area contributed by atoms with Gasteiger partial charge in [0, 0.05) is 11.9 Å². The van der Waals surface area contributed by atoms with Gasteiger partial charge in [-0.25, -0.2) is 0 Å². The van der Waals surface area contributed by atoms with Gasteiger partial charge in [-0.15, -0.1) is 0 Å².